The van der Waals surface area contributed by atoms with Crippen LogP contribution in [0.25, 0.3) is 0 Å². The van der Waals surface area contributed by atoms with Gasteiger partial charge in [0.15, 0.2) is 0 Å². The summed E-state index contributed by atoms with van der Waals surface area (Å²) in [5, 5.41) is 9.18. The van der Waals surface area contributed by atoms with E-state index in [-0.39, 0.29) is 12.2 Å². The van der Waals surface area contributed by atoms with Gasteiger partial charge in [-0.15, -0.1) is 0 Å². The third-order valence-corrected chi connectivity index (χ3v) is 1.43. The van der Waals surface area contributed by atoms with Crippen LogP contribution in [0.2, 0.25) is 0 Å². The molecule has 0 radical (unpaired) electrons. The van der Waals surface area contributed by atoms with Gasteiger partial charge in [0.1, 0.15) is 5.57 Å². The topological polar surface area (TPSA) is 72.8 Å². The molecule has 1 N–H and O–H groups in total. The summed E-state index contributed by atoms with van der Waals surface area (Å²) in [5.74, 6) is -2.32. The summed E-state index contributed by atoms with van der Waals surface area (Å²) in [6.45, 7) is 6.52. The highest BCUT2D eigenvalue weighted by atomic mass is 16.6. The van der Waals surface area contributed by atoms with Gasteiger partial charge in [-0.1, -0.05) is 13.5 Å². The fourth-order valence-corrected chi connectivity index (χ4v) is 0.604. The average Bonchev–Trinajstić information content (AvgIpc) is 2.24. The van der Waals surface area contributed by atoms with E-state index < -0.39 is 17.9 Å². The molecule has 0 saturated carbocycles. The van der Waals surface area contributed by atoms with Crippen LogP contribution in [0, 0.1) is 0 Å². The molecule has 0 spiro atoms. The molecule has 5 heteroatoms. The van der Waals surface area contributed by atoms with E-state index in [1.165, 1.54) is 6.92 Å². The summed E-state index contributed by atoms with van der Waals surface area (Å²) >= 11 is 0. The number of hydrogen-bond donors (Lipinski definition) is 1. The molecule has 84 valence electrons. The number of rotatable bonds is 5. The largest absolute Gasteiger partial charge is 0.480 e. The van der Waals surface area contributed by atoms with E-state index in [0.717, 1.165) is 6.08 Å². The van der Waals surface area contributed by atoms with E-state index >= 15 is 0 Å². The molecule has 0 aliphatic rings. The maximum absolute atomic E-state index is 11.2. The Bertz CT molecular complexity index is 290. The van der Waals surface area contributed by atoms with Gasteiger partial charge in [0.25, 0.3) is 5.95 Å². The highest BCUT2D eigenvalue weighted by molar-refractivity contribution is 5.89. The van der Waals surface area contributed by atoms with Crippen LogP contribution in [0.1, 0.15) is 20.3 Å². The van der Waals surface area contributed by atoms with Crippen LogP contribution in [0.5, 0.6) is 0 Å². The van der Waals surface area contributed by atoms with Crippen molar-refractivity contribution in [2.75, 3.05) is 6.61 Å². The first-order valence-corrected chi connectivity index (χ1v) is 4.44. The van der Waals surface area contributed by atoms with Crippen molar-refractivity contribution in [2.45, 2.75) is 20.3 Å². The molecule has 0 fully saturated rings. The molecule has 0 aromatic heterocycles. The maximum Gasteiger partial charge on any atom is 0.340 e. The summed E-state index contributed by atoms with van der Waals surface area (Å²) in [5.41, 5.74) is -0.154. The van der Waals surface area contributed by atoms with E-state index in [0.29, 0.717) is 6.42 Å². The lowest BCUT2D eigenvalue weighted by atomic mass is 10.3. The number of aliphatic hydroxyl groups excluding tert-OH is 1. The third kappa shape index (κ3) is 4.85. The van der Waals surface area contributed by atoms with Gasteiger partial charge >= 0.3 is 11.9 Å². The monoisotopic (exact) mass is 214 g/mol. The summed E-state index contributed by atoms with van der Waals surface area (Å²) in [6.07, 6.45) is 1.55. The molecular weight excluding hydrogens is 200 g/mol. The summed E-state index contributed by atoms with van der Waals surface area (Å²) < 4.78 is 9.06. The molecule has 0 unspecified atom stereocenters. The van der Waals surface area contributed by atoms with Gasteiger partial charge < -0.3 is 14.6 Å². The van der Waals surface area contributed by atoms with Crippen LogP contribution < -0.4 is 0 Å². The van der Waals surface area contributed by atoms with Crippen LogP contribution in [0.3, 0.4) is 0 Å². The molecule has 0 bridgehead atoms. The predicted octanol–water partition coefficient (Wildman–Crippen LogP) is 1.46. The average molecular weight is 214 g/mol. The second-order valence-corrected chi connectivity index (χ2v) is 2.69. The Balaban J connectivity index is 4.41. The van der Waals surface area contributed by atoms with Gasteiger partial charge in [0, 0.05) is 6.08 Å². The second kappa shape index (κ2) is 6.64. The zero-order valence-corrected chi connectivity index (χ0v) is 8.78. The molecule has 0 aliphatic heterocycles. The first kappa shape index (κ1) is 13.2. The fraction of sp³-hybridized carbons (Fsp3) is 0.400. The summed E-state index contributed by atoms with van der Waals surface area (Å²) in [7, 11) is 0. The molecule has 0 aliphatic carbocycles. The smallest absolute Gasteiger partial charge is 0.340 e. The van der Waals surface area contributed by atoms with Crippen molar-refractivity contribution in [1.29, 1.82) is 0 Å². The molecular formula is C10H14O5. The van der Waals surface area contributed by atoms with Crippen LogP contribution in [0.15, 0.2) is 24.2 Å². The molecule has 0 saturated heterocycles. The van der Waals surface area contributed by atoms with Crippen molar-refractivity contribution in [2.24, 2.45) is 0 Å². The minimum atomic E-state index is -0.838. The third-order valence-electron chi connectivity index (χ3n) is 1.43. The van der Waals surface area contributed by atoms with Crippen molar-refractivity contribution in [1.82, 2.24) is 0 Å². The van der Waals surface area contributed by atoms with E-state index in [2.05, 4.69) is 11.3 Å². The Kier molecular flexibility index (Phi) is 5.85. The highest BCUT2D eigenvalue weighted by Gasteiger charge is 2.14. The molecule has 15 heavy (non-hydrogen) atoms. The quantitative estimate of drug-likeness (QED) is 0.426. The number of aliphatic hydroxyl groups is 1. The van der Waals surface area contributed by atoms with Crippen molar-refractivity contribution in [3.8, 4) is 0 Å². The van der Waals surface area contributed by atoms with Crippen molar-refractivity contribution >= 4 is 11.9 Å². The summed E-state index contributed by atoms with van der Waals surface area (Å²) in [4.78, 5) is 21.8. The Morgan fingerprint density at radius 3 is 2.53 bits per heavy atom. The van der Waals surface area contributed by atoms with Crippen LogP contribution in [0.4, 0.5) is 0 Å². The van der Waals surface area contributed by atoms with E-state index in [4.69, 9.17) is 4.74 Å². The van der Waals surface area contributed by atoms with E-state index in [9.17, 15) is 14.7 Å². The number of carbonyl (C=O) groups excluding carboxylic acids is 2. The number of ether oxygens (including phenoxy) is 2. The lowest BCUT2D eigenvalue weighted by Gasteiger charge is -2.05. The van der Waals surface area contributed by atoms with Crippen LogP contribution >= 0.6 is 0 Å². The molecule has 0 aromatic rings. The number of carbonyl (C=O) groups is 2. The Morgan fingerprint density at radius 1 is 1.47 bits per heavy atom. The Morgan fingerprint density at radius 2 is 2.07 bits per heavy atom. The maximum atomic E-state index is 11.2. The van der Waals surface area contributed by atoms with Crippen LogP contribution in [-0.2, 0) is 19.1 Å². The van der Waals surface area contributed by atoms with Gasteiger partial charge in [-0.3, -0.25) is 0 Å². The van der Waals surface area contributed by atoms with Gasteiger partial charge in [-0.2, -0.15) is 0 Å². The lowest BCUT2D eigenvalue weighted by molar-refractivity contribution is -0.141. The predicted molar refractivity (Wildman–Crippen MR) is 52.9 cm³/mol. The Hall–Kier alpha value is -1.78. The molecule has 0 amide bonds. The number of hydrogen-bond acceptors (Lipinski definition) is 5. The van der Waals surface area contributed by atoms with Crippen molar-refractivity contribution in [3.05, 3.63) is 24.2 Å². The van der Waals surface area contributed by atoms with E-state index in [1.54, 1.807) is 0 Å². The lowest BCUT2D eigenvalue weighted by Crippen LogP contribution is -2.11. The first-order chi connectivity index (χ1) is 7.02. The molecule has 0 rings (SSSR count). The second-order valence-electron chi connectivity index (χ2n) is 2.69. The molecule has 0 atom stereocenters. The van der Waals surface area contributed by atoms with Crippen molar-refractivity contribution in [3.63, 3.8) is 0 Å². The van der Waals surface area contributed by atoms with Crippen molar-refractivity contribution < 1.29 is 24.2 Å². The molecule has 0 aromatic carbocycles. The zero-order valence-electron chi connectivity index (χ0n) is 8.78. The number of esters is 2. The SMILES string of the molecule is C=CC(=O)OC(O)=C(C)C(=O)OCCC. The van der Waals surface area contributed by atoms with Gasteiger partial charge in [-0.25, -0.2) is 9.59 Å². The van der Waals surface area contributed by atoms with Gasteiger partial charge in [0.05, 0.1) is 6.61 Å². The fourth-order valence-electron chi connectivity index (χ4n) is 0.604. The standard InChI is InChI=1S/C10H14O5/c1-4-6-14-9(12)7(3)10(13)15-8(11)5-2/h5,13H,2,4,6H2,1,3H3. The first-order valence-electron chi connectivity index (χ1n) is 4.44. The molecule has 0 heterocycles. The Labute approximate surface area is 88.0 Å². The minimum Gasteiger partial charge on any atom is -0.480 e. The summed E-state index contributed by atoms with van der Waals surface area (Å²) in [6, 6.07) is 0. The highest BCUT2D eigenvalue weighted by Crippen LogP contribution is 2.05. The molecule has 5 nitrogen and oxygen atoms in total. The minimum absolute atomic E-state index is 0.154. The zero-order chi connectivity index (χ0) is 11.8. The van der Waals surface area contributed by atoms with Gasteiger partial charge in [-0.05, 0) is 13.3 Å². The normalized spacial score (nSPS) is 11.3. The van der Waals surface area contributed by atoms with Crippen LogP contribution in [-0.4, -0.2) is 23.7 Å². The van der Waals surface area contributed by atoms with Gasteiger partial charge in [0.2, 0.25) is 0 Å². The van der Waals surface area contributed by atoms with E-state index in [1.807, 2.05) is 6.92 Å².